The van der Waals surface area contributed by atoms with Crippen molar-refractivity contribution >= 4 is 38.9 Å². The highest BCUT2D eigenvalue weighted by Gasteiger charge is 2.34. The first-order valence-electron chi connectivity index (χ1n) is 10.1. The number of amidine groups is 1. The lowest BCUT2D eigenvalue weighted by Crippen LogP contribution is -2.35. The SMILES string of the molecule is CCCCCN(C1=NC(=O)/C(=C/c2ccc(CC)o2)S1)S(=O)(=O)c1ccc(C)cc1. The molecule has 1 amide bonds. The number of hydrogen-bond acceptors (Lipinski definition) is 5. The fraction of sp³-hybridized carbons (Fsp3) is 0.364. The Labute approximate surface area is 182 Å². The molecule has 0 N–H and O–H groups in total. The molecule has 2 aromatic rings. The molecule has 1 aromatic carbocycles. The zero-order valence-electron chi connectivity index (χ0n) is 17.4. The van der Waals surface area contributed by atoms with Gasteiger partial charge in [0.25, 0.3) is 15.9 Å². The number of sulfonamides is 1. The summed E-state index contributed by atoms with van der Waals surface area (Å²) in [5.41, 5.74) is 0.976. The fourth-order valence-corrected chi connectivity index (χ4v) is 5.54. The second kappa shape index (κ2) is 9.66. The third kappa shape index (κ3) is 5.05. The average molecular weight is 447 g/mol. The highest BCUT2D eigenvalue weighted by Crippen LogP contribution is 2.33. The summed E-state index contributed by atoms with van der Waals surface area (Å²) in [6, 6.07) is 10.4. The van der Waals surface area contributed by atoms with E-state index in [1.54, 1.807) is 36.4 Å². The van der Waals surface area contributed by atoms with Crippen LogP contribution < -0.4 is 0 Å². The molecule has 6 nitrogen and oxygen atoms in total. The summed E-state index contributed by atoms with van der Waals surface area (Å²) < 4.78 is 33.5. The summed E-state index contributed by atoms with van der Waals surface area (Å²) in [5, 5.41) is 0.185. The molecule has 1 aromatic heterocycles. The summed E-state index contributed by atoms with van der Waals surface area (Å²) in [7, 11) is -3.82. The van der Waals surface area contributed by atoms with Gasteiger partial charge in [-0.1, -0.05) is 44.4 Å². The lowest BCUT2D eigenvalue weighted by atomic mass is 10.2. The number of hydrogen-bond donors (Lipinski definition) is 0. The summed E-state index contributed by atoms with van der Waals surface area (Å²) in [6.07, 6.45) is 4.91. The molecule has 0 aliphatic carbocycles. The van der Waals surface area contributed by atoms with Crippen LogP contribution in [0.15, 0.2) is 55.6 Å². The molecule has 0 fully saturated rings. The summed E-state index contributed by atoms with van der Waals surface area (Å²) in [4.78, 5) is 17.1. The number of unbranched alkanes of at least 4 members (excludes halogenated alkanes) is 2. The first-order valence-corrected chi connectivity index (χ1v) is 12.3. The second-order valence-electron chi connectivity index (χ2n) is 7.07. The van der Waals surface area contributed by atoms with Crippen LogP contribution >= 0.6 is 11.8 Å². The van der Waals surface area contributed by atoms with Crippen molar-refractivity contribution in [2.75, 3.05) is 6.54 Å². The molecule has 160 valence electrons. The number of carbonyl (C=O) groups is 1. The molecular weight excluding hydrogens is 420 g/mol. The van der Waals surface area contributed by atoms with Crippen LogP contribution in [0.3, 0.4) is 0 Å². The van der Waals surface area contributed by atoms with E-state index in [1.807, 2.05) is 19.9 Å². The van der Waals surface area contributed by atoms with Gasteiger partial charge in [0.2, 0.25) is 0 Å². The smallest absolute Gasteiger partial charge is 0.286 e. The molecule has 0 spiro atoms. The van der Waals surface area contributed by atoms with Crippen molar-refractivity contribution in [3.05, 3.63) is 58.4 Å². The maximum Gasteiger partial charge on any atom is 0.286 e. The van der Waals surface area contributed by atoms with Gasteiger partial charge in [0.15, 0.2) is 5.17 Å². The molecule has 0 unspecified atom stereocenters. The quantitative estimate of drug-likeness (QED) is 0.421. The summed E-state index contributed by atoms with van der Waals surface area (Å²) in [5.74, 6) is 0.920. The van der Waals surface area contributed by atoms with Crippen LogP contribution in [-0.4, -0.2) is 30.3 Å². The number of aryl methyl sites for hydroxylation is 2. The third-order valence-electron chi connectivity index (χ3n) is 4.70. The van der Waals surface area contributed by atoms with E-state index in [1.165, 1.54) is 4.31 Å². The van der Waals surface area contributed by atoms with Gasteiger partial charge >= 0.3 is 0 Å². The van der Waals surface area contributed by atoms with E-state index in [4.69, 9.17) is 4.42 Å². The van der Waals surface area contributed by atoms with Gasteiger partial charge in [-0.05, 0) is 49.4 Å². The highest BCUT2D eigenvalue weighted by atomic mass is 32.2. The van der Waals surface area contributed by atoms with E-state index in [2.05, 4.69) is 11.9 Å². The van der Waals surface area contributed by atoms with E-state index < -0.39 is 15.9 Å². The van der Waals surface area contributed by atoms with Crippen molar-refractivity contribution in [1.29, 1.82) is 0 Å². The minimum absolute atomic E-state index is 0.185. The fourth-order valence-electron chi connectivity index (χ4n) is 2.96. The van der Waals surface area contributed by atoms with E-state index in [-0.39, 0.29) is 16.6 Å². The van der Waals surface area contributed by atoms with Crippen LogP contribution in [0, 0.1) is 6.92 Å². The Morgan fingerprint density at radius 2 is 1.83 bits per heavy atom. The lowest BCUT2D eigenvalue weighted by molar-refractivity contribution is -0.113. The van der Waals surface area contributed by atoms with Gasteiger partial charge in [-0.3, -0.25) is 4.79 Å². The summed E-state index contributed by atoms with van der Waals surface area (Å²) in [6.45, 7) is 6.22. The lowest BCUT2D eigenvalue weighted by Gasteiger charge is -2.23. The van der Waals surface area contributed by atoms with Crippen LogP contribution in [0.5, 0.6) is 0 Å². The Kier molecular flexibility index (Phi) is 7.20. The minimum Gasteiger partial charge on any atom is -0.462 e. The molecule has 2 heterocycles. The molecule has 0 saturated heterocycles. The summed E-state index contributed by atoms with van der Waals surface area (Å²) >= 11 is 1.07. The van der Waals surface area contributed by atoms with Crippen LogP contribution in [0.2, 0.25) is 0 Å². The normalized spacial score (nSPS) is 15.6. The van der Waals surface area contributed by atoms with Crippen molar-refractivity contribution in [2.24, 2.45) is 4.99 Å². The first kappa shape index (κ1) is 22.4. The van der Waals surface area contributed by atoms with Crippen molar-refractivity contribution in [3.63, 3.8) is 0 Å². The Balaban J connectivity index is 1.89. The largest absolute Gasteiger partial charge is 0.462 e. The molecule has 3 rings (SSSR count). The number of nitrogens with zero attached hydrogens (tertiary/aromatic N) is 2. The number of benzene rings is 1. The molecular formula is C22H26N2O4S2. The van der Waals surface area contributed by atoms with Crippen LogP contribution in [0.4, 0.5) is 0 Å². The number of thioether (sulfide) groups is 1. The van der Waals surface area contributed by atoms with Crippen molar-refractivity contribution in [1.82, 2.24) is 4.31 Å². The minimum atomic E-state index is -3.82. The number of carbonyl (C=O) groups excluding carboxylic acids is 1. The zero-order valence-corrected chi connectivity index (χ0v) is 19.1. The monoisotopic (exact) mass is 446 g/mol. The van der Waals surface area contributed by atoms with Crippen LogP contribution in [0.25, 0.3) is 6.08 Å². The Hall–Kier alpha value is -2.32. The molecule has 0 atom stereocenters. The van der Waals surface area contributed by atoms with Gasteiger partial charge in [0.1, 0.15) is 11.5 Å². The van der Waals surface area contributed by atoms with Gasteiger partial charge in [-0.15, -0.1) is 0 Å². The Morgan fingerprint density at radius 1 is 1.10 bits per heavy atom. The van der Waals surface area contributed by atoms with E-state index in [9.17, 15) is 13.2 Å². The molecule has 0 saturated carbocycles. The van der Waals surface area contributed by atoms with E-state index in [0.29, 0.717) is 17.1 Å². The number of amides is 1. The number of furan rings is 1. The van der Waals surface area contributed by atoms with Gasteiger partial charge < -0.3 is 4.42 Å². The van der Waals surface area contributed by atoms with Crippen molar-refractivity contribution in [3.8, 4) is 0 Å². The topological polar surface area (TPSA) is 80.0 Å². The van der Waals surface area contributed by atoms with Crippen LogP contribution in [0.1, 0.15) is 50.2 Å². The molecule has 8 heteroatoms. The average Bonchev–Trinajstić information content (AvgIpc) is 3.32. The standard InChI is InChI=1S/C22H26N2O4S2/c1-4-6-7-14-24(30(26,27)19-12-8-16(3)9-13-19)22-23-21(25)20(29-22)15-18-11-10-17(5-2)28-18/h8-13,15H,4-7,14H2,1-3H3/b20-15-. The molecule has 1 aliphatic heterocycles. The molecule has 1 aliphatic rings. The van der Waals surface area contributed by atoms with Crippen molar-refractivity contribution < 1.29 is 17.6 Å². The molecule has 0 bridgehead atoms. The maximum absolute atomic E-state index is 13.3. The maximum atomic E-state index is 13.3. The van der Waals surface area contributed by atoms with Gasteiger partial charge in [-0.2, -0.15) is 4.99 Å². The van der Waals surface area contributed by atoms with Gasteiger partial charge in [0.05, 0.1) is 9.80 Å². The number of aliphatic imine (C=N–C) groups is 1. The highest BCUT2D eigenvalue weighted by molar-refractivity contribution is 8.19. The van der Waals surface area contributed by atoms with Gasteiger partial charge in [0, 0.05) is 19.0 Å². The van der Waals surface area contributed by atoms with E-state index in [0.717, 1.165) is 42.3 Å². The molecule has 0 radical (unpaired) electrons. The van der Waals surface area contributed by atoms with Crippen LogP contribution in [-0.2, 0) is 21.2 Å². The Bertz CT molecular complexity index is 1070. The number of rotatable bonds is 8. The second-order valence-corrected chi connectivity index (χ2v) is 9.94. The molecule has 30 heavy (non-hydrogen) atoms. The van der Waals surface area contributed by atoms with Gasteiger partial charge in [-0.25, -0.2) is 12.7 Å². The predicted molar refractivity (Wildman–Crippen MR) is 121 cm³/mol. The Morgan fingerprint density at radius 3 is 2.47 bits per heavy atom. The predicted octanol–water partition coefficient (Wildman–Crippen LogP) is 5.00. The first-order chi connectivity index (χ1) is 14.3. The third-order valence-corrected chi connectivity index (χ3v) is 7.63. The zero-order chi connectivity index (χ0) is 21.7. The van der Waals surface area contributed by atoms with Crippen molar-refractivity contribution in [2.45, 2.75) is 51.3 Å². The van der Waals surface area contributed by atoms with E-state index >= 15 is 0 Å².